The van der Waals surface area contributed by atoms with Gasteiger partial charge in [0.15, 0.2) is 0 Å². The summed E-state index contributed by atoms with van der Waals surface area (Å²) in [6.45, 7) is 0.987. The van der Waals surface area contributed by atoms with E-state index in [1.165, 1.54) is 50.0 Å². The van der Waals surface area contributed by atoms with Gasteiger partial charge in [0.1, 0.15) is 10.2 Å². The van der Waals surface area contributed by atoms with Crippen LogP contribution in [0.25, 0.3) is 0 Å². The number of rotatable bonds is 2. The van der Waals surface area contributed by atoms with E-state index in [0.717, 1.165) is 27.7 Å². The SMILES string of the molecule is Fc1ccc(SC2=NCC(C3CCCCC3)CS2)cc1. The largest absolute Gasteiger partial charge is 0.271 e. The summed E-state index contributed by atoms with van der Waals surface area (Å²) in [5, 5.41) is 0. The highest BCUT2D eigenvalue weighted by Crippen LogP contribution is 2.37. The Balaban J connectivity index is 1.55. The third-order valence-corrected chi connectivity index (χ3v) is 6.60. The zero-order valence-corrected chi connectivity index (χ0v) is 13.2. The minimum Gasteiger partial charge on any atom is -0.271 e. The number of halogens is 1. The van der Waals surface area contributed by atoms with Gasteiger partial charge in [0.25, 0.3) is 0 Å². The second-order valence-corrected chi connectivity index (χ2v) is 7.96. The molecule has 20 heavy (non-hydrogen) atoms. The van der Waals surface area contributed by atoms with E-state index in [4.69, 9.17) is 4.99 Å². The van der Waals surface area contributed by atoms with Crippen molar-refractivity contribution in [2.45, 2.75) is 37.0 Å². The van der Waals surface area contributed by atoms with Crippen molar-refractivity contribution in [1.82, 2.24) is 0 Å². The first-order valence-corrected chi connectivity index (χ1v) is 9.22. The molecule has 0 amide bonds. The Morgan fingerprint density at radius 1 is 1.05 bits per heavy atom. The number of nitrogens with zero attached hydrogens (tertiary/aromatic N) is 1. The van der Waals surface area contributed by atoms with Gasteiger partial charge in [0, 0.05) is 17.2 Å². The molecule has 1 saturated carbocycles. The second-order valence-electron chi connectivity index (χ2n) is 5.63. The summed E-state index contributed by atoms with van der Waals surface area (Å²) in [5.41, 5.74) is 0. The maximum absolute atomic E-state index is 12.9. The predicted octanol–water partition coefficient (Wildman–Crippen LogP) is 5.22. The van der Waals surface area contributed by atoms with E-state index in [1.54, 1.807) is 11.8 Å². The summed E-state index contributed by atoms with van der Waals surface area (Å²) in [4.78, 5) is 5.83. The molecule has 0 aromatic heterocycles. The van der Waals surface area contributed by atoms with E-state index >= 15 is 0 Å². The van der Waals surface area contributed by atoms with Crippen molar-refractivity contribution in [3.8, 4) is 0 Å². The molecule has 1 aromatic carbocycles. The van der Waals surface area contributed by atoms with Gasteiger partial charge in [-0.25, -0.2) is 4.39 Å². The first-order valence-electron chi connectivity index (χ1n) is 7.42. The van der Waals surface area contributed by atoms with Gasteiger partial charge < -0.3 is 0 Å². The molecule has 0 saturated heterocycles. The highest BCUT2D eigenvalue weighted by molar-refractivity contribution is 8.38. The standard InChI is InChI=1S/C16H20FNS2/c17-14-6-8-15(9-7-14)20-16-18-10-13(11-19-16)12-4-2-1-3-5-12/h6-9,12-13H,1-5,10-11H2. The lowest BCUT2D eigenvalue weighted by Crippen LogP contribution is -2.25. The van der Waals surface area contributed by atoms with E-state index < -0.39 is 0 Å². The quantitative estimate of drug-likeness (QED) is 0.743. The first-order chi connectivity index (χ1) is 9.81. The van der Waals surface area contributed by atoms with Crippen LogP contribution in [0.2, 0.25) is 0 Å². The van der Waals surface area contributed by atoms with E-state index in [-0.39, 0.29) is 5.82 Å². The summed E-state index contributed by atoms with van der Waals surface area (Å²) in [5.74, 6) is 2.71. The molecular weight excluding hydrogens is 289 g/mol. The lowest BCUT2D eigenvalue weighted by atomic mass is 9.81. The van der Waals surface area contributed by atoms with Crippen LogP contribution in [0, 0.1) is 17.7 Å². The Labute approximate surface area is 128 Å². The zero-order valence-electron chi connectivity index (χ0n) is 11.6. The van der Waals surface area contributed by atoms with Crippen LogP contribution in [0.3, 0.4) is 0 Å². The molecule has 1 heterocycles. The van der Waals surface area contributed by atoms with Crippen LogP contribution in [-0.2, 0) is 0 Å². The molecule has 1 fully saturated rings. The molecular formula is C16H20FNS2. The summed E-state index contributed by atoms with van der Waals surface area (Å²) >= 11 is 3.55. The molecule has 1 unspecified atom stereocenters. The highest BCUT2D eigenvalue weighted by Gasteiger charge is 2.26. The smallest absolute Gasteiger partial charge is 0.129 e. The normalized spacial score (nSPS) is 24.4. The van der Waals surface area contributed by atoms with Crippen molar-refractivity contribution in [3.05, 3.63) is 30.1 Å². The summed E-state index contributed by atoms with van der Waals surface area (Å²) < 4.78 is 14.0. The maximum Gasteiger partial charge on any atom is 0.129 e. The topological polar surface area (TPSA) is 12.4 Å². The minimum absolute atomic E-state index is 0.176. The van der Waals surface area contributed by atoms with Gasteiger partial charge in [-0.3, -0.25) is 4.99 Å². The Hall–Kier alpha value is -0.480. The van der Waals surface area contributed by atoms with Crippen molar-refractivity contribution in [1.29, 1.82) is 0 Å². The van der Waals surface area contributed by atoms with Crippen molar-refractivity contribution in [3.63, 3.8) is 0 Å². The molecule has 3 rings (SSSR count). The Morgan fingerprint density at radius 2 is 1.80 bits per heavy atom. The van der Waals surface area contributed by atoms with E-state index in [2.05, 4.69) is 0 Å². The fourth-order valence-corrected chi connectivity index (χ4v) is 5.27. The van der Waals surface area contributed by atoms with Crippen molar-refractivity contribution < 1.29 is 4.39 Å². The molecule has 0 radical (unpaired) electrons. The lowest BCUT2D eigenvalue weighted by molar-refractivity contribution is 0.272. The highest BCUT2D eigenvalue weighted by atomic mass is 32.2. The molecule has 1 aliphatic carbocycles. The van der Waals surface area contributed by atoms with Crippen LogP contribution in [0.5, 0.6) is 0 Å². The first kappa shape index (κ1) is 14.5. The summed E-state index contributed by atoms with van der Waals surface area (Å²) in [7, 11) is 0. The molecule has 1 aromatic rings. The molecule has 0 spiro atoms. The molecule has 2 aliphatic rings. The molecule has 1 nitrogen and oxygen atoms in total. The zero-order chi connectivity index (χ0) is 13.8. The number of benzene rings is 1. The number of thioether (sulfide) groups is 2. The van der Waals surface area contributed by atoms with Crippen molar-refractivity contribution in [2.24, 2.45) is 16.8 Å². The average molecular weight is 309 g/mol. The van der Waals surface area contributed by atoms with Gasteiger partial charge in [-0.1, -0.05) is 55.6 Å². The van der Waals surface area contributed by atoms with E-state index in [9.17, 15) is 4.39 Å². The van der Waals surface area contributed by atoms with Gasteiger partial charge in [0.2, 0.25) is 0 Å². The van der Waals surface area contributed by atoms with E-state index in [0.29, 0.717) is 0 Å². The molecule has 0 bridgehead atoms. The number of hydrogen-bond donors (Lipinski definition) is 0. The fourth-order valence-electron chi connectivity index (χ4n) is 3.02. The van der Waals surface area contributed by atoms with E-state index in [1.807, 2.05) is 23.9 Å². The van der Waals surface area contributed by atoms with Crippen LogP contribution in [0.1, 0.15) is 32.1 Å². The van der Waals surface area contributed by atoms with Gasteiger partial charge in [-0.05, 0) is 36.1 Å². The molecule has 1 atom stereocenters. The van der Waals surface area contributed by atoms with Crippen molar-refractivity contribution >= 4 is 27.9 Å². The maximum atomic E-state index is 12.9. The lowest BCUT2D eigenvalue weighted by Gasteiger charge is -2.31. The minimum atomic E-state index is -0.176. The van der Waals surface area contributed by atoms with Gasteiger partial charge in [-0.15, -0.1) is 0 Å². The van der Waals surface area contributed by atoms with Crippen LogP contribution in [0.4, 0.5) is 4.39 Å². The Kier molecular flexibility index (Phi) is 5.05. The third-order valence-electron chi connectivity index (χ3n) is 4.21. The van der Waals surface area contributed by atoms with Gasteiger partial charge in [0.05, 0.1) is 0 Å². The second kappa shape index (κ2) is 6.99. The van der Waals surface area contributed by atoms with Crippen LogP contribution >= 0.6 is 23.5 Å². The Morgan fingerprint density at radius 3 is 2.45 bits per heavy atom. The molecule has 4 heteroatoms. The fraction of sp³-hybridized carbons (Fsp3) is 0.562. The van der Waals surface area contributed by atoms with Gasteiger partial charge >= 0.3 is 0 Å². The molecule has 0 N–H and O–H groups in total. The summed E-state index contributed by atoms with van der Waals surface area (Å²) in [6, 6.07) is 6.69. The predicted molar refractivity (Wildman–Crippen MR) is 87.1 cm³/mol. The molecule has 1 aliphatic heterocycles. The number of hydrogen-bond acceptors (Lipinski definition) is 3. The summed E-state index contributed by atoms with van der Waals surface area (Å²) in [6.07, 6.45) is 7.05. The average Bonchev–Trinajstić information content (AvgIpc) is 2.51. The van der Waals surface area contributed by atoms with Crippen LogP contribution in [-0.4, -0.2) is 16.7 Å². The van der Waals surface area contributed by atoms with Crippen molar-refractivity contribution in [2.75, 3.05) is 12.3 Å². The van der Waals surface area contributed by atoms with Crippen LogP contribution < -0.4 is 0 Å². The Bertz CT molecular complexity index is 466. The third kappa shape index (κ3) is 3.79. The number of aliphatic imine (C=N–C) groups is 1. The van der Waals surface area contributed by atoms with Gasteiger partial charge in [-0.2, -0.15) is 0 Å². The van der Waals surface area contributed by atoms with Crippen LogP contribution in [0.15, 0.2) is 34.2 Å². The molecule has 108 valence electrons. The monoisotopic (exact) mass is 309 g/mol.